The van der Waals surface area contributed by atoms with Gasteiger partial charge in [0.1, 0.15) is 18.3 Å². The molecule has 2 aromatic carbocycles. The molecule has 0 aliphatic rings. The Kier molecular flexibility index (Phi) is 15.3. The third kappa shape index (κ3) is 10.5. The van der Waals surface area contributed by atoms with Crippen LogP contribution in [0.25, 0.3) is 10.9 Å². The molecule has 0 saturated heterocycles. The van der Waals surface area contributed by atoms with Gasteiger partial charge < -0.3 is 28.3 Å². The first-order chi connectivity index (χ1) is 15.4. The van der Waals surface area contributed by atoms with E-state index in [9.17, 15) is 4.79 Å². The smallest absolute Gasteiger partial charge is 0.308 e. The Balaban J connectivity index is 0.000000574. The number of carbonyl (C=O) groups excluding carboxylic acids is 2. The Hall–Kier alpha value is -2.84. The van der Waals surface area contributed by atoms with E-state index in [4.69, 9.17) is 14.3 Å². The summed E-state index contributed by atoms with van der Waals surface area (Å²) in [6.45, 7) is 4.37. The zero-order valence-corrected chi connectivity index (χ0v) is 21.1. The van der Waals surface area contributed by atoms with Crippen LogP contribution in [-0.2, 0) is 26.1 Å². The van der Waals surface area contributed by atoms with Crippen LogP contribution in [0.5, 0.6) is 11.5 Å². The Morgan fingerprint density at radius 2 is 1.62 bits per heavy atom. The van der Waals surface area contributed by atoms with E-state index >= 15 is 0 Å². The lowest BCUT2D eigenvalue weighted by atomic mass is 10.2. The molecule has 3 rings (SSSR count). The molecule has 0 fully saturated rings. The number of rotatable bonds is 5. The number of fused-ring (bicyclic) bond motifs is 1. The van der Waals surface area contributed by atoms with Crippen molar-refractivity contribution in [1.82, 2.24) is 4.57 Å². The van der Waals surface area contributed by atoms with Crippen molar-refractivity contribution in [3.63, 3.8) is 0 Å². The van der Waals surface area contributed by atoms with Crippen molar-refractivity contribution >= 4 is 39.6 Å². The van der Waals surface area contributed by atoms with E-state index in [1.165, 1.54) is 12.7 Å². The van der Waals surface area contributed by atoms with E-state index in [1.54, 1.807) is 21.3 Å². The van der Waals surface area contributed by atoms with Crippen LogP contribution in [-0.4, -0.2) is 52.4 Å². The molecule has 1 heterocycles. The number of hydrogen-bond donors (Lipinski definition) is 0. The van der Waals surface area contributed by atoms with Crippen molar-refractivity contribution in [2.75, 3.05) is 35.0 Å². The van der Waals surface area contributed by atoms with Gasteiger partial charge in [-0.2, -0.15) is 0 Å². The lowest BCUT2D eigenvalue weighted by Crippen LogP contribution is -2.07. The van der Waals surface area contributed by atoms with Crippen molar-refractivity contribution < 1.29 is 28.5 Å². The maximum absolute atomic E-state index is 11.0. The standard InChI is InChI=1S/C13H14BrNO3.C8H10O.C2H6O.CH2O/c1-15-8-12(18-6-5-13(16)17-2)10-7-9(14)3-4-11(10)15;1-7-3-5-8(9-2)6-4-7;1-3-2;1-2/h3-4,7-8H,5-6H2,1-2H3;3-6H,1-2H3;1-2H3;1H2. The minimum absolute atomic E-state index is 0.251. The van der Waals surface area contributed by atoms with Gasteiger partial charge in [0.2, 0.25) is 0 Å². The fourth-order valence-electron chi connectivity index (χ4n) is 2.46. The number of aryl methyl sites for hydroxylation is 2. The van der Waals surface area contributed by atoms with Crippen LogP contribution in [0.1, 0.15) is 12.0 Å². The van der Waals surface area contributed by atoms with Gasteiger partial charge in [0, 0.05) is 37.3 Å². The molecule has 7 nitrogen and oxygen atoms in total. The molecule has 0 bridgehead atoms. The molecule has 8 heteroatoms. The van der Waals surface area contributed by atoms with Crippen molar-refractivity contribution in [2.24, 2.45) is 7.05 Å². The Morgan fingerprint density at radius 3 is 2.16 bits per heavy atom. The topological polar surface area (TPSA) is 76.0 Å². The molecule has 176 valence electrons. The van der Waals surface area contributed by atoms with Crippen LogP contribution in [0.4, 0.5) is 0 Å². The number of methoxy groups -OCH3 is 3. The summed E-state index contributed by atoms with van der Waals surface area (Å²) in [6, 6.07) is 14.0. The van der Waals surface area contributed by atoms with Gasteiger partial charge in [-0.3, -0.25) is 4.79 Å². The summed E-state index contributed by atoms with van der Waals surface area (Å²) in [7, 11) is 8.26. The zero-order valence-electron chi connectivity index (χ0n) is 19.5. The Morgan fingerprint density at radius 1 is 1.03 bits per heavy atom. The molecular weight excluding hydrogens is 478 g/mol. The van der Waals surface area contributed by atoms with Crippen LogP contribution in [0, 0.1) is 6.92 Å². The number of aromatic nitrogens is 1. The highest BCUT2D eigenvalue weighted by Crippen LogP contribution is 2.30. The van der Waals surface area contributed by atoms with Gasteiger partial charge in [0.05, 0.1) is 32.8 Å². The minimum Gasteiger partial charge on any atom is -0.497 e. The summed E-state index contributed by atoms with van der Waals surface area (Å²) >= 11 is 3.44. The van der Waals surface area contributed by atoms with Crippen molar-refractivity contribution in [3.8, 4) is 11.5 Å². The second-order valence-corrected chi connectivity index (χ2v) is 7.28. The predicted octanol–water partition coefficient (Wildman–Crippen LogP) is 4.96. The number of esters is 1. The van der Waals surface area contributed by atoms with Crippen LogP contribution in [0.3, 0.4) is 0 Å². The SMILES string of the molecule is C=O.COC.COC(=O)CCOc1cn(C)c2ccc(Br)cc12.COc1ccc(C)cc1. The highest BCUT2D eigenvalue weighted by atomic mass is 79.9. The highest BCUT2D eigenvalue weighted by Gasteiger charge is 2.09. The number of nitrogens with zero attached hydrogens (tertiary/aromatic N) is 1. The Bertz CT molecular complexity index is 924. The van der Waals surface area contributed by atoms with Crippen LogP contribution in [0.15, 0.2) is 53.1 Å². The largest absolute Gasteiger partial charge is 0.497 e. The average molecular weight is 510 g/mol. The Labute approximate surface area is 198 Å². The van der Waals surface area contributed by atoms with Crippen molar-refractivity contribution in [1.29, 1.82) is 0 Å². The maximum Gasteiger partial charge on any atom is 0.308 e. The summed E-state index contributed by atoms with van der Waals surface area (Å²) in [6.07, 6.45) is 2.16. The molecule has 0 saturated carbocycles. The van der Waals surface area contributed by atoms with Crippen LogP contribution < -0.4 is 9.47 Å². The molecule has 0 aliphatic heterocycles. The van der Waals surface area contributed by atoms with Gasteiger partial charge in [-0.25, -0.2) is 0 Å². The number of hydrogen-bond acceptors (Lipinski definition) is 6. The molecular formula is C24H32BrNO6. The molecule has 0 radical (unpaired) electrons. The highest BCUT2D eigenvalue weighted by molar-refractivity contribution is 9.10. The first kappa shape index (κ1) is 29.2. The van der Waals surface area contributed by atoms with Crippen molar-refractivity contribution in [2.45, 2.75) is 13.3 Å². The predicted molar refractivity (Wildman–Crippen MR) is 131 cm³/mol. The number of ether oxygens (including phenoxy) is 4. The second-order valence-electron chi connectivity index (χ2n) is 6.37. The lowest BCUT2D eigenvalue weighted by Gasteiger charge is -2.03. The molecule has 3 aromatic rings. The second kappa shape index (κ2) is 16.8. The van der Waals surface area contributed by atoms with Gasteiger partial charge in [-0.15, -0.1) is 0 Å². The first-order valence-electron chi connectivity index (χ1n) is 9.60. The molecule has 0 atom stereocenters. The summed E-state index contributed by atoms with van der Waals surface area (Å²) in [4.78, 5) is 19.0. The van der Waals surface area contributed by atoms with Gasteiger partial charge >= 0.3 is 5.97 Å². The maximum atomic E-state index is 11.0. The molecule has 0 N–H and O–H groups in total. The molecule has 0 unspecified atom stereocenters. The zero-order chi connectivity index (χ0) is 24.5. The summed E-state index contributed by atoms with van der Waals surface area (Å²) in [5.41, 5.74) is 2.35. The van der Waals surface area contributed by atoms with E-state index in [0.29, 0.717) is 6.61 Å². The number of benzene rings is 2. The van der Waals surface area contributed by atoms with E-state index in [0.717, 1.165) is 26.9 Å². The van der Waals surface area contributed by atoms with Crippen molar-refractivity contribution in [3.05, 3.63) is 58.7 Å². The van der Waals surface area contributed by atoms with E-state index in [1.807, 2.05) is 67.1 Å². The summed E-state index contributed by atoms with van der Waals surface area (Å²) < 4.78 is 22.4. The van der Waals surface area contributed by atoms with Gasteiger partial charge in [0.25, 0.3) is 0 Å². The monoisotopic (exact) mass is 509 g/mol. The third-order valence-corrected chi connectivity index (χ3v) is 4.46. The van der Waals surface area contributed by atoms with Crippen LogP contribution in [0.2, 0.25) is 0 Å². The van der Waals surface area contributed by atoms with E-state index in [2.05, 4.69) is 32.3 Å². The van der Waals surface area contributed by atoms with Gasteiger partial charge in [-0.1, -0.05) is 33.6 Å². The van der Waals surface area contributed by atoms with Gasteiger partial charge in [-0.05, 0) is 37.3 Å². The fourth-order valence-corrected chi connectivity index (χ4v) is 2.82. The van der Waals surface area contributed by atoms with E-state index in [-0.39, 0.29) is 12.4 Å². The summed E-state index contributed by atoms with van der Waals surface area (Å²) in [5, 5.41) is 1.02. The molecule has 0 spiro atoms. The van der Waals surface area contributed by atoms with Crippen LogP contribution >= 0.6 is 15.9 Å². The number of halogens is 1. The first-order valence-corrected chi connectivity index (χ1v) is 10.4. The fraction of sp³-hybridized carbons (Fsp3) is 0.333. The lowest BCUT2D eigenvalue weighted by molar-refractivity contribution is -0.141. The molecule has 0 aliphatic carbocycles. The summed E-state index contributed by atoms with van der Waals surface area (Å²) in [5.74, 6) is 1.43. The average Bonchev–Trinajstić information content (AvgIpc) is 3.11. The molecule has 32 heavy (non-hydrogen) atoms. The minimum atomic E-state index is -0.267. The van der Waals surface area contributed by atoms with E-state index < -0.39 is 0 Å². The third-order valence-electron chi connectivity index (χ3n) is 3.96. The quantitative estimate of drug-likeness (QED) is 0.452. The van der Waals surface area contributed by atoms with Gasteiger partial charge in [0.15, 0.2) is 0 Å². The molecule has 1 aromatic heterocycles. The number of carbonyl (C=O) groups is 2. The normalized spacial score (nSPS) is 9.22. The molecule has 0 amide bonds.